The van der Waals surface area contributed by atoms with Gasteiger partial charge in [-0.15, -0.1) is 0 Å². The largest absolute Gasteiger partial charge is 0.342 e. The van der Waals surface area contributed by atoms with Gasteiger partial charge in [0.1, 0.15) is 0 Å². The summed E-state index contributed by atoms with van der Waals surface area (Å²) < 4.78 is 1.82. The highest BCUT2D eigenvalue weighted by Crippen LogP contribution is 2.28. The molecule has 132 valence electrons. The molecule has 2 aliphatic rings. The van der Waals surface area contributed by atoms with Crippen molar-refractivity contribution in [1.82, 2.24) is 20.0 Å². The minimum Gasteiger partial charge on any atom is -0.342 e. The molecule has 0 radical (unpaired) electrons. The first-order chi connectivity index (χ1) is 12.3. The molecule has 1 aromatic carbocycles. The van der Waals surface area contributed by atoms with E-state index in [4.69, 9.17) is 0 Å². The van der Waals surface area contributed by atoms with Crippen LogP contribution in [0.15, 0.2) is 42.7 Å². The third-order valence-electron chi connectivity index (χ3n) is 5.30. The molecule has 5 heteroatoms. The van der Waals surface area contributed by atoms with E-state index >= 15 is 0 Å². The molecule has 5 nitrogen and oxygen atoms in total. The molecule has 1 amide bonds. The van der Waals surface area contributed by atoms with Gasteiger partial charge in [0, 0.05) is 31.5 Å². The Morgan fingerprint density at radius 2 is 1.88 bits per heavy atom. The van der Waals surface area contributed by atoms with Gasteiger partial charge in [0.2, 0.25) is 5.91 Å². The highest BCUT2D eigenvalue weighted by Gasteiger charge is 2.25. The minimum atomic E-state index is 0.243. The minimum absolute atomic E-state index is 0.243. The molecule has 1 aliphatic carbocycles. The summed E-state index contributed by atoms with van der Waals surface area (Å²) in [7, 11) is 0. The fourth-order valence-electron chi connectivity index (χ4n) is 3.46. The van der Waals surface area contributed by atoms with Crippen LogP contribution in [0.4, 0.5) is 0 Å². The SMILES string of the molecule is O=C(Cc1ccc(-n2cccn2)cc1)N1CCC(NCC2CC2)CC1. The van der Waals surface area contributed by atoms with Gasteiger partial charge < -0.3 is 10.2 Å². The van der Waals surface area contributed by atoms with Gasteiger partial charge in [0.15, 0.2) is 0 Å². The molecule has 4 rings (SSSR count). The Balaban J connectivity index is 1.25. The predicted octanol–water partition coefficient (Wildman–Crippen LogP) is 2.41. The lowest BCUT2D eigenvalue weighted by Gasteiger charge is -2.32. The number of piperidine rings is 1. The lowest BCUT2D eigenvalue weighted by Crippen LogP contribution is -2.45. The normalized spacial score (nSPS) is 18.5. The fourth-order valence-corrected chi connectivity index (χ4v) is 3.46. The molecule has 2 heterocycles. The molecule has 1 aromatic heterocycles. The zero-order valence-electron chi connectivity index (χ0n) is 14.6. The summed E-state index contributed by atoms with van der Waals surface area (Å²) in [5, 5.41) is 7.89. The van der Waals surface area contributed by atoms with Crippen LogP contribution in [-0.2, 0) is 11.2 Å². The van der Waals surface area contributed by atoms with Crippen molar-refractivity contribution in [2.75, 3.05) is 19.6 Å². The van der Waals surface area contributed by atoms with Crippen molar-refractivity contribution < 1.29 is 4.79 Å². The van der Waals surface area contributed by atoms with E-state index in [-0.39, 0.29) is 5.91 Å². The van der Waals surface area contributed by atoms with E-state index in [1.54, 1.807) is 6.20 Å². The second-order valence-electron chi connectivity index (χ2n) is 7.30. The van der Waals surface area contributed by atoms with Crippen molar-refractivity contribution in [2.45, 2.75) is 38.1 Å². The van der Waals surface area contributed by atoms with Gasteiger partial charge in [-0.1, -0.05) is 12.1 Å². The van der Waals surface area contributed by atoms with E-state index in [1.807, 2.05) is 46.1 Å². The number of nitrogens with zero attached hydrogens (tertiary/aromatic N) is 3. The standard InChI is InChI=1S/C20H26N4O/c25-20(23-12-8-18(9-13-23)21-15-17-2-3-17)14-16-4-6-19(7-5-16)24-11-1-10-22-24/h1,4-7,10-11,17-18,21H,2-3,8-9,12-15H2. The summed E-state index contributed by atoms with van der Waals surface area (Å²) in [5.41, 5.74) is 2.08. The molecule has 0 atom stereocenters. The van der Waals surface area contributed by atoms with Gasteiger partial charge >= 0.3 is 0 Å². The zero-order valence-corrected chi connectivity index (χ0v) is 14.6. The molecule has 1 aliphatic heterocycles. The topological polar surface area (TPSA) is 50.2 Å². The fraction of sp³-hybridized carbons (Fsp3) is 0.500. The maximum atomic E-state index is 12.6. The first kappa shape index (κ1) is 16.3. The van der Waals surface area contributed by atoms with Crippen LogP contribution in [0.2, 0.25) is 0 Å². The van der Waals surface area contributed by atoms with Crippen LogP contribution in [0.1, 0.15) is 31.2 Å². The lowest BCUT2D eigenvalue weighted by molar-refractivity contribution is -0.131. The van der Waals surface area contributed by atoms with Crippen LogP contribution in [0.5, 0.6) is 0 Å². The number of likely N-dealkylation sites (tertiary alicyclic amines) is 1. The molecule has 1 saturated heterocycles. The summed E-state index contributed by atoms with van der Waals surface area (Å²) >= 11 is 0. The summed E-state index contributed by atoms with van der Waals surface area (Å²) in [5.74, 6) is 1.16. The molecular weight excluding hydrogens is 312 g/mol. The number of amides is 1. The van der Waals surface area contributed by atoms with Gasteiger partial charge in [0.25, 0.3) is 0 Å². The number of aromatic nitrogens is 2. The maximum absolute atomic E-state index is 12.6. The number of carbonyl (C=O) groups excluding carboxylic acids is 1. The average molecular weight is 338 g/mol. The van der Waals surface area contributed by atoms with Crippen LogP contribution in [-0.4, -0.2) is 46.3 Å². The first-order valence-electron chi connectivity index (χ1n) is 9.38. The molecular formula is C20H26N4O. The Bertz CT molecular complexity index is 683. The molecule has 0 spiro atoms. The summed E-state index contributed by atoms with van der Waals surface area (Å²) in [4.78, 5) is 14.6. The monoisotopic (exact) mass is 338 g/mol. The summed E-state index contributed by atoms with van der Waals surface area (Å²) in [6, 6.07) is 10.6. The van der Waals surface area contributed by atoms with Crippen LogP contribution in [0, 0.1) is 5.92 Å². The predicted molar refractivity (Wildman–Crippen MR) is 97.6 cm³/mol. The van der Waals surface area contributed by atoms with E-state index in [0.717, 1.165) is 43.1 Å². The number of benzene rings is 1. The second kappa shape index (κ2) is 7.40. The van der Waals surface area contributed by atoms with Gasteiger partial charge in [-0.05, 0) is 61.9 Å². The Morgan fingerprint density at radius 3 is 2.52 bits per heavy atom. The molecule has 2 fully saturated rings. The van der Waals surface area contributed by atoms with Crippen LogP contribution >= 0.6 is 0 Å². The van der Waals surface area contributed by atoms with Gasteiger partial charge in [-0.2, -0.15) is 5.10 Å². The summed E-state index contributed by atoms with van der Waals surface area (Å²) in [6.45, 7) is 2.93. The van der Waals surface area contributed by atoms with Gasteiger partial charge in [0.05, 0.1) is 12.1 Å². The van der Waals surface area contributed by atoms with Crippen molar-refractivity contribution in [3.8, 4) is 5.69 Å². The Hall–Kier alpha value is -2.14. The molecule has 1 N–H and O–H groups in total. The molecule has 25 heavy (non-hydrogen) atoms. The third-order valence-corrected chi connectivity index (χ3v) is 5.30. The van der Waals surface area contributed by atoms with Crippen LogP contribution in [0.25, 0.3) is 5.69 Å². The zero-order chi connectivity index (χ0) is 17.1. The number of rotatable bonds is 6. The molecule has 0 unspecified atom stereocenters. The average Bonchev–Trinajstić information content (AvgIpc) is 3.32. The van der Waals surface area contributed by atoms with Crippen molar-refractivity contribution >= 4 is 5.91 Å². The number of hydrogen-bond donors (Lipinski definition) is 1. The van der Waals surface area contributed by atoms with Gasteiger partial charge in [-0.3, -0.25) is 4.79 Å². The third kappa shape index (κ3) is 4.28. The number of hydrogen-bond acceptors (Lipinski definition) is 3. The van der Waals surface area contributed by atoms with Crippen molar-refractivity contribution in [3.05, 3.63) is 48.3 Å². The maximum Gasteiger partial charge on any atom is 0.226 e. The molecule has 2 aromatic rings. The van der Waals surface area contributed by atoms with E-state index in [2.05, 4.69) is 10.4 Å². The number of carbonyl (C=O) groups is 1. The lowest BCUT2D eigenvalue weighted by atomic mass is 10.0. The van der Waals surface area contributed by atoms with Crippen LogP contribution < -0.4 is 5.32 Å². The first-order valence-corrected chi connectivity index (χ1v) is 9.38. The van der Waals surface area contributed by atoms with Crippen molar-refractivity contribution in [1.29, 1.82) is 0 Å². The van der Waals surface area contributed by atoms with Crippen molar-refractivity contribution in [3.63, 3.8) is 0 Å². The highest BCUT2D eigenvalue weighted by atomic mass is 16.2. The van der Waals surface area contributed by atoms with E-state index in [0.29, 0.717) is 12.5 Å². The second-order valence-corrected chi connectivity index (χ2v) is 7.30. The smallest absolute Gasteiger partial charge is 0.226 e. The van der Waals surface area contributed by atoms with Gasteiger partial charge in [-0.25, -0.2) is 4.68 Å². The van der Waals surface area contributed by atoms with Crippen LogP contribution in [0.3, 0.4) is 0 Å². The van der Waals surface area contributed by atoms with E-state index in [1.165, 1.54) is 19.4 Å². The quantitative estimate of drug-likeness (QED) is 0.880. The Morgan fingerprint density at radius 1 is 1.12 bits per heavy atom. The Kier molecular flexibility index (Phi) is 4.83. The summed E-state index contributed by atoms with van der Waals surface area (Å²) in [6.07, 6.45) is 9.11. The molecule has 1 saturated carbocycles. The Labute approximate surface area is 149 Å². The highest BCUT2D eigenvalue weighted by molar-refractivity contribution is 5.79. The molecule has 0 bridgehead atoms. The van der Waals surface area contributed by atoms with Crippen molar-refractivity contribution in [2.24, 2.45) is 5.92 Å². The van der Waals surface area contributed by atoms with E-state index in [9.17, 15) is 4.79 Å². The number of nitrogens with one attached hydrogen (secondary N) is 1. The van der Waals surface area contributed by atoms with E-state index < -0.39 is 0 Å².